The van der Waals surface area contributed by atoms with Gasteiger partial charge in [0.25, 0.3) is 0 Å². The summed E-state index contributed by atoms with van der Waals surface area (Å²) in [6, 6.07) is 0. The highest BCUT2D eigenvalue weighted by Crippen LogP contribution is 2.41. The molecule has 1 saturated carbocycles. The molecule has 0 radical (unpaired) electrons. The molecule has 3 rings (SSSR count). The van der Waals surface area contributed by atoms with Gasteiger partial charge < -0.3 is 14.8 Å². The minimum atomic E-state index is 0.273. The van der Waals surface area contributed by atoms with Crippen molar-refractivity contribution in [3.63, 3.8) is 0 Å². The van der Waals surface area contributed by atoms with Crippen LogP contribution in [0.3, 0.4) is 0 Å². The summed E-state index contributed by atoms with van der Waals surface area (Å²) in [6.07, 6.45) is 9.77. The molecular weight excluding hydrogens is 252 g/mol. The Hall–Kier alpha value is -0.160. The summed E-state index contributed by atoms with van der Waals surface area (Å²) < 4.78 is 11.8. The molecule has 20 heavy (non-hydrogen) atoms. The molecule has 2 aliphatic heterocycles. The van der Waals surface area contributed by atoms with E-state index in [-0.39, 0.29) is 5.60 Å². The Morgan fingerprint density at radius 2 is 1.85 bits per heavy atom. The van der Waals surface area contributed by atoms with Crippen LogP contribution in [0, 0.1) is 0 Å². The molecule has 0 bridgehead atoms. The maximum Gasteiger partial charge on any atom is 0.0708 e. The smallest absolute Gasteiger partial charge is 0.0708 e. The van der Waals surface area contributed by atoms with Gasteiger partial charge in [-0.05, 0) is 25.7 Å². The summed E-state index contributed by atoms with van der Waals surface area (Å²) in [5.74, 6) is 0. The van der Waals surface area contributed by atoms with E-state index in [0.29, 0.717) is 6.10 Å². The molecule has 4 nitrogen and oxygen atoms in total. The molecule has 2 heterocycles. The van der Waals surface area contributed by atoms with Crippen molar-refractivity contribution in [1.82, 2.24) is 10.2 Å². The molecule has 1 spiro atoms. The minimum absolute atomic E-state index is 0.273. The van der Waals surface area contributed by atoms with Crippen molar-refractivity contribution in [2.75, 3.05) is 45.9 Å². The lowest BCUT2D eigenvalue weighted by atomic mass is 9.83. The van der Waals surface area contributed by atoms with E-state index in [1.54, 1.807) is 0 Å². The van der Waals surface area contributed by atoms with Crippen LogP contribution in [0.1, 0.15) is 44.9 Å². The van der Waals surface area contributed by atoms with Crippen LogP contribution in [0.5, 0.6) is 0 Å². The Labute approximate surface area is 123 Å². The van der Waals surface area contributed by atoms with Gasteiger partial charge in [0.2, 0.25) is 0 Å². The number of rotatable bonds is 5. The minimum Gasteiger partial charge on any atom is -0.379 e. The Morgan fingerprint density at radius 1 is 1.05 bits per heavy atom. The molecule has 1 N–H and O–H groups in total. The third kappa shape index (κ3) is 3.94. The lowest BCUT2D eigenvalue weighted by Crippen LogP contribution is -2.41. The molecule has 0 aromatic heterocycles. The highest BCUT2D eigenvalue weighted by molar-refractivity contribution is 4.91. The molecule has 0 amide bonds. The summed E-state index contributed by atoms with van der Waals surface area (Å²) in [5.41, 5.74) is 0.273. The molecule has 1 unspecified atom stereocenters. The van der Waals surface area contributed by atoms with Crippen molar-refractivity contribution in [2.24, 2.45) is 0 Å². The van der Waals surface area contributed by atoms with Gasteiger partial charge in [-0.1, -0.05) is 19.3 Å². The van der Waals surface area contributed by atoms with Crippen molar-refractivity contribution >= 4 is 0 Å². The topological polar surface area (TPSA) is 33.7 Å². The molecule has 3 fully saturated rings. The molecule has 0 aromatic rings. The Kier molecular flexibility index (Phi) is 5.32. The maximum atomic E-state index is 6.39. The van der Waals surface area contributed by atoms with E-state index in [1.807, 2.05) is 0 Å². The second kappa shape index (κ2) is 7.21. The van der Waals surface area contributed by atoms with Crippen molar-refractivity contribution in [3.8, 4) is 0 Å². The summed E-state index contributed by atoms with van der Waals surface area (Å²) in [4.78, 5) is 2.48. The van der Waals surface area contributed by atoms with Crippen molar-refractivity contribution in [3.05, 3.63) is 0 Å². The Morgan fingerprint density at radius 3 is 2.65 bits per heavy atom. The van der Waals surface area contributed by atoms with Crippen LogP contribution in [-0.2, 0) is 9.47 Å². The fraction of sp³-hybridized carbons (Fsp3) is 1.00. The number of nitrogens with one attached hydrogen (secondary N) is 1. The predicted octanol–water partition coefficient (Wildman–Crippen LogP) is 1.79. The van der Waals surface area contributed by atoms with Gasteiger partial charge in [0, 0.05) is 32.7 Å². The van der Waals surface area contributed by atoms with Gasteiger partial charge in [-0.3, -0.25) is 4.90 Å². The third-order valence-corrected chi connectivity index (χ3v) is 5.18. The molecule has 0 aromatic carbocycles. The first-order valence-electron chi connectivity index (χ1n) is 8.55. The van der Waals surface area contributed by atoms with E-state index in [1.165, 1.54) is 44.9 Å². The summed E-state index contributed by atoms with van der Waals surface area (Å²) in [7, 11) is 0. The molecule has 116 valence electrons. The van der Waals surface area contributed by atoms with Crippen molar-refractivity contribution < 1.29 is 9.47 Å². The van der Waals surface area contributed by atoms with E-state index >= 15 is 0 Å². The zero-order valence-corrected chi connectivity index (χ0v) is 12.7. The molecule has 1 aliphatic carbocycles. The van der Waals surface area contributed by atoms with Crippen LogP contribution in [0.25, 0.3) is 0 Å². The number of nitrogens with zero attached hydrogens (tertiary/aromatic N) is 1. The van der Waals surface area contributed by atoms with E-state index in [0.717, 1.165) is 45.9 Å². The monoisotopic (exact) mass is 282 g/mol. The average molecular weight is 282 g/mol. The fourth-order valence-corrected chi connectivity index (χ4v) is 3.93. The number of ether oxygens (including phenoxy) is 2. The van der Waals surface area contributed by atoms with Crippen LogP contribution in [0.2, 0.25) is 0 Å². The van der Waals surface area contributed by atoms with E-state index < -0.39 is 0 Å². The summed E-state index contributed by atoms with van der Waals surface area (Å²) >= 11 is 0. The summed E-state index contributed by atoms with van der Waals surface area (Å²) in [5, 5.41) is 3.59. The van der Waals surface area contributed by atoms with Gasteiger partial charge in [0.05, 0.1) is 24.9 Å². The van der Waals surface area contributed by atoms with Gasteiger partial charge in [-0.15, -0.1) is 0 Å². The number of morpholine rings is 1. The Bertz CT molecular complexity index is 286. The SMILES string of the molecule is C1CCC2(CC1)CCC(CNCCN1CCOCC1)O2. The molecule has 2 saturated heterocycles. The fourth-order valence-electron chi connectivity index (χ4n) is 3.93. The molecule has 1 atom stereocenters. The zero-order valence-electron chi connectivity index (χ0n) is 12.7. The van der Waals surface area contributed by atoms with E-state index in [4.69, 9.17) is 9.47 Å². The van der Waals surface area contributed by atoms with Gasteiger partial charge in [0.1, 0.15) is 0 Å². The van der Waals surface area contributed by atoms with Crippen LogP contribution < -0.4 is 5.32 Å². The van der Waals surface area contributed by atoms with Gasteiger partial charge >= 0.3 is 0 Å². The molecular formula is C16H30N2O2. The van der Waals surface area contributed by atoms with Gasteiger partial charge in [-0.25, -0.2) is 0 Å². The standard InChI is InChI=1S/C16H30N2O2/c1-2-5-16(6-3-1)7-4-15(20-16)14-17-8-9-18-10-12-19-13-11-18/h15,17H,1-14H2. The number of hydrogen-bond donors (Lipinski definition) is 1. The normalized spacial score (nSPS) is 30.9. The highest BCUT2D eigenvalue weighted by atomic mass is 16.5. The second-order valence-corrected chi connectivity index (χ2v) is 6.68. The second-order valence-electron chi connectivity index (χ2n) is 6.68. The first-order valence-corrected chi connectivity index (χ1v) is 8.55. The lowest BCUT2D eigenvalue weighted by molar-refractivity contribution is -0.0624. The van der Waals surface area contributed by atoms with Crippen LogP contribution in [-0.4, -0.2) is 62.5 Å². The third-order valence-electron chi connectivity index (χ3n) is 5.18. The van der Waals surface area contributed by atoms with E-state index in [9.17, 15) is 0 Å². The average Bonchev–Trinajstić information content (AvgIpc) is 2.88. The zero-order chi connectivity index (χ0) is 13.7. The number of hydrogen-bond acceptors (Lipinski definition) is 4. The maximum absolute atomic E-state index is 6.39. The first kappa shape index (κ1) is 14.8. The van der Waals surface area contributed by atoms with Crippen molar-refractivity contribution in [1.29, 1.82) is 0 Å². The summed E-state index contributed by atoms with van der Waals surface area (Å²) in [6.45, 7) is 7.22. The van der Waals surface area contributed by atoms with Crippen molar-refractivity contribution in [2.45, 2.75) is 56.7 Å². The largest absolute Gasteiger partial charge is 0.379 e. The quantitative estimate of drug-likeness (QED) is 0.780. The molecule has 3 aliphatic rings. The van der Waals surface area contributed by atoms with Crippen LogP contribution >= 0.6 is 0 Å². The van der Waals surface area contributed by atoms with E-state index in [2.05, 4.69) is 10.2 Å². The lowest BCUT2D eigenvalue weighted by Gasteiger charge is -2.33. The Balaban J connectivity index is 1.29. The van der Waals surface area contributed by atoms with Crippen LogP contribution in [0.4, 0.5) is 0 Å². The molecule has 4 heteroatoms. The van der Waals surface area contributed by atoms with Gasteiger partial charge in [0.15, 0.2) is 0 Å². The van der Waals surface area contributed by atoms with Crippen LogP contribution in [0.15, 0.2) is 0 Å². The van der Waals surface area contributed by atoms with Gasteiger partial charge in [-0.2, -0.15) is 0 Å². The first-order chi connectivity index (χ1) is 9.86. The highest BCUT2D eigenvalue weighted by Gasteiger charge is 2.40. The predicted molar refractivity (Wildman–Crippen MR) is 80.1 cm³/mol.